The Morgan fingerprint density at radius 1 is 1.12 bits per heavy atom. The molecule has 0 fully saturated rings. The van der Waals surface area contributed by atoms with Crippen LogP contribution in [0.5, 0.6) is 5.75 Å². The van der Waals surface area contributed by atoms with Crippen LogP contribution < -0.4 is 10.1 Å². The lowest BCUT2D eigenvalue weighted by Gasteiger charge is -2.17. The molecule has 0 unspecified atom stereocenters. The molecule has 0 radical (unpaired) electrons. The number of aryl methyl sites for hydroxylation is 1. The van der Waals surface area contributed by atoms with E-state index in [2.05, 4.69) is 19.2 Å². The minimum Gasteiger partial charge on any atom is -0.483 e. The van der Waals surface area contributed by atoms with E-state index < -0.39 is 0 Å². The van der Waals surface area contributed by atoms with Gasteiger partial charge in [0.05, 0.1) is 6.04 Å². The number of ether oxygens (including phenoxy) is 1. The van der Waals surface area contributed by atoms with E-state index in [1.807, 2.05) is 32.0 Å². The lowest BCUT2D eigenvalue weighted by atomic mass is 10.0. The van der Waals surface area contributed by atoms with Crippen molar-refractivity contribution in [3.8, 4) is 5.75 Å². The zero-order chi connectivity index (χ0) is 17.7. The molecule has 128 valence electrons. The minimum atomic E-state index is -0.290. The molecule has 0 aliphatic rings. The number of rotatable bonds is 6. The predicted octanol–water partition coefficient (Wildman–Crippen LogP) is 4.51. The second kappa shape index (κ2) is 7.95. The molecule has 0 aromatic heterocycles. The lowest BCUT2D eigenvalue weighted by molar-refractivity contribution is -0.123. The van der Waals surface area contributed by atoms with Gasteiger partial charge in [0.1, 0.15) is 11.6 Å². The van der Waals surface area contributed by atoms with Gasteiger partial charge in [-0.05, 0) is 54.7 Å². The van der Waals surface area contributed by atoms with Crippen LogP contribution in [0.3, 0.4) is 0 Å². The Hall–Kier alpha value is -2.36. The molecule has 0 heterocycles. The number of halogens is 1. The van der Waals surface area contributed by atoms with Crippen LogP contribution >= 0.6 is 0 Å². The molecule has 0 aliphatic carbocycles. The summed E-state index contributed by atoms with van der Waals surface area (Å²) in [6.45, 7) is 7.99. The van der Waals surface area contributed by atoms with Crippen molar-refractivity contribution in [2.24, 2.45) is 0 Å². The average Bonchev–Trinajstić information content (AvgIpc) is 2.53. The topological polar surface area (TPSA) is 38.3 Å². The molecule has 24 heavy (non-hydrogen) atoms. The van der Waals surface area contributed by atoms with Crippen molar-refractivity contribution >= 4 is 5.91 Å². The molecule has 0 saturated carbocycles. The van der Waals surface area contributed by atoms with Crippen molar-refractivity contribution in [2.45, 2.75) is 39.7 Å². The molecular weight excluding hydrogens is 305 g/mol. The fraction of sp³-hybridized carbons (Fsp3) is 0.350. The van der Waals surface area contributed by atoms with Gasteiger partial charge in [-0.25, -0.2) is 4.39 Å². The summed E-state index contributed by atoms with van der Waals surface area (Å²) in [5.74, 6) is 0.570. The van der Waals surface area contributed by atoms with Crippen LogP contribution in [0.1, 0.15) is 49.4 Å². The van der Waals surface area contributed by atoms with Gasteiger partial charge in [-0.1, -0.05) is 38.1 Å². The van der Waals surface area contributed by atoms with Crippen molar-refractivity contribution in [2.75, 3.05) is 6.61 Å². The molecule has 4 heteroatoms. The van der Waals surface area contributed by atoms with Crippen LogP contribution in [0.2, 0.25) is 0 Å². The fourth-order valence-corrected chi connectivity index (χ4v) is 2.50. The Morgan fingerprint density at radius 2 is 1.79 bits per heavy atom. The Kier molecular flexibility index (Phi) is 5.96. The fourth-order valence-electron chi connectivity index (χ4n) is 2.50. The third kappa shape index (κ3) is 4.82. The first-order chi connectivity index (χ1) is 11.4. The van der Waals surface area contributed by atoms with Gasteiger partial charge >= 0.3 is 0 Å². The Balaban J connectivity index is 1.96. The van der Waals surface area contributed by atoms with Gasteiger partial charge in [0.2, 0.25) is 0 Å². The summed E-state index contributed by atoms with van der Waals surface area (Å²) in [5, 5.41) is 2.86. The molecule has 2 rings (SSSR count). The molecule has 3 nitrogen and oxygen atoms in total. The van der Waals surface area contributed by atoms with Crippen molar-refractivity contribution in [3.63, 3.8) is 0 Å². The molecule has 2 aromatic carbocycles. The van der Waals surface area contributed by atoms with Crippen molar-refractivity contribution in [1.29, 1.82) is 0 Å². The van der Waals surface area contributed by atoms with E-state index in [4.69, 9.17) is 4.74 Å². The first kappa shape index (κ1) is 18.0. The SMILES string of the molecule is Cc1ccc(C(C)C)c(OCC(=O)N[C@@H](C)c2ccc(F)cc2)c1. The van der Waals surface area contributed by atoms with Gasteiger partial charge in [-0.3, -0.25) is 4.79 Å². The number of carbonyl (C=O) groups is 1. The zero-order valence-corrected chi connectivity index (χ0v) is 14.6. The number of carbonyl (C=O) groups excluding carboxylic acids is 1. The van der Waals surface area contributed by atoms with Gasteiger partial charge < -0.3 is 10.1 Å². The molecule has 0 aliphatic heterocycles. The maximum absolute atomic E-state index is 12.9. The third-order valence-electron chi connectivity index (χ3n) is 3.90. The normalized spacial score (nSPS) is 12.1. The highest BCUT2D eigenvalue weighted by Crippen LogP contribution is 2.27. The van der Waals surface area contributed by atoms with Gasteiger partial charge in [-0.2, -0.15) is 0 Å². The number of hydrogen-bond donors (Lipinski definition) is 1. The van der Waals surface area contributed by atoms with Crippen LogP contribution in [-0.2, 0) is 4.79 Å². The summed E-state index contributed by atoms with van der Waals surface area (Å²) in [7, 11) is 0. The molecule has 0 saturated heterocycles. The molecule has 2 aromatic rings. The van der Waals surface area contributed by atoms with Gasteiger partial charge in [0.25, 0.3) is 5.91 Å². The van der Waals surface area contributed by atoms with Gasteiger partial charge in [-0.15, -0.1) is 0 Å². The lowest BCUT2D eigenvalue weighted by Crippen LogP contribution is -2.31. The molecule has 0 spiro atoms. The highest BCUT2D eigenvalue weighted by molar-refractivity contribution is 5.78. The third-order valence-corrected chi connectivity index (χ3v) is 3.90. The van der Waals surface area contributed by atoms with Gasteiger partial charge in [0, 0.05) is 0 Å². The van der Waals surface area contributed by atoms with E-state index in [1.54, 1.807) is 12.1 Å². The maximum Gasteiger partial charge on any atom is 0.258 e. The number of amides is 1. The summed E-state index contributed by atoms with van der Waals surface area (Å²) in [6, 6.07) is 11.9. The number of benzene rings is 2. The summed E-state index contributed by atoms with van der Waals surface area (Å²) in [5.41, 5.74) is 3.03. The quantitative estimate of drug-likeness (QED) is 0.846. The van der Waals surface area contributed by atoms with E-state index in [-0.39, 0.29) is 24.4 Å². The van der Waals surface area contributed by atoms with Crippen LogP contribution in [0, 0.1) is 12.7 Å². The van der Waals surface area contributed by atoms with E-state index in [0.717, 1.165) is 22.4 Å². The Labute approximate surface area is 142 Å². The van der Waals surface area contributed by atoms with Crippen LogP contribution in [-0.4, -0.2) is 12.5 Å². The highest BCUT2D eigenvalue weighted by atomic mass is 19.1. The van der Waals surface area contributed by atoms with Crippen LogP contribution in [0.4, 0.5) is 4.39 Å². The molecule has 0 bridgehead atoms. The predicted molar refractivity (Wildman–Crippen MR) is 93.7 cm³/mol. The summed E-state index contributed by atoms with van der Waals surface area (Å²) >= 11 is 0. The first-order valence-corrected chi connectivity index (χ1v) is 8.15. The van der Waals surface area contributed by atoms with Crippen LogP contribution in [0.15, 0.2) is 42.5 Å². The monoisotopic (exact) mass is 329 g/mol. The van der Waals surface area contributed by atoms with Crippen molar-refractivity contribution in [3.05, 3.63) is 65.0 Å². The average molecular weight is 329 g/mol. The Morgan fingerprint density at radius 3 is 2.42 bits per heavy atom. The number of nitrogens with one attached hydrogen (secondary N) is 1. The number of hydrogen-bond acceptors (Lipinski definition) is 2. The van der Waals surface area contributed by atoms with Gasteiger partial charge in [0.15, 0.2) is 6.61 Å². The van der Waals surface area contributed by atoms with E-state index in [1.165, 1.54) is 12.1 Å². The van der Waals surface area contributed by atoms with Crippen molar-refractivity contribution in [1.82, 2.24) is 5.32 Å². The second-order valence-corrected chi connectivity index (χ2v) is 6.33. The van der Waals surface area contributed by atoms with E-state index in [0.29, 0.717) is 5.92 Å². The minimum absolute atomic E-state index is 0.0469. The summed E-state index contributed by atoms with van der Waals surface area (Å²) in [6.07, 6.45) is 0. The summed E-state index contributed by atoms with van der Waals surface area (Å²) in [4.78, 5) is 12.1. The standard InChI is InChI=1S/C20H24FNO2/c1-13(2)18-10-5-14(3)11-19(18)24-12-20(23)22-15(4)16-6-8-17(21)9-7-16/h5-11,13,15H,12H2,1-4H3,(H,22,23)/t15-/m0/s1. The Bertz CT molecular complexity index is 695. The van der Waals surface area contributed by atoms with Crippen LogP contribution in [0.25, 0.3) is 0 Å². The maximum atomic E-state index is 12.9. The highest BCUT2D eigenvalue weighted by Gasteiger charge is 2.13. The van der Waals surface area contributed by atoms with E-state index in [9.17, 15) is 9.18 Å². The second-order valence-electron chi connectivity index (χ2n) is 6.33. The van der Waals surface area contributed by atoms with Crippen molar-refractivity contribution < 1.29 is 13.9 Å². The molecule has 1 amide bonds. The molecule has 1 atom stereocenters. The van der Waals surface area contributed by atoms with E-state index >= 15 is 0 Å². The molecular formula is C20H24FNO2. The molecule has 1 N–H and O–H groups in total. The largest absolute Gasteiger partial charge is 0.483 e. The first-order valence-electron chi connectivity index (χ1n) is 8.15. The zero-order valence-electron chi connectivity index (χ0n) is 14.6. The summed E-state index contributed by atoms with van der Waals surface area (Å²) < 4.78 is 18.7. The smallest absolute Gasteiger partial charge is 0.258 e.